The van der Waals surface area contributed by atoms with E-state index in [9.17, 15) is 9.59 Å². The van der Waals surface area contributed by atoms with E-state index >= 15 is 0 Å². The monoisotopic (exact) mass is 228 g/mol. The largest absolute Gasteiger partial charge is 0.481 e. The second-order valence-corrected chi connectivity index (χ2v) is 4.22. The maximum absolute atomic E-state index is 11.3. The molecule has 16 heavy (non-hydrogen) atoms. The van der Waals surface area contributed by atoms with Crippen molar-refractivity contribution >= 4 is 11.9 Å². The minimum Gasteiger partial charge on any atom is -0.481 e. The Morgan fingerprint density at radius 3 is 2.81 bits per heavy atom. The van der Waals surface area contributed by atoms with Crippen LogP contribution in [0.1, 0.15) is 26.2 Å². The highest BCUT2D eigenvalue weighted by Crippen LogP contribution is 2.16. The molecule has 0 aromatic carbocycles. The first-order valence-electron chi connectivity index (χ1n) is 5.85. The normalized spacial score (nSPS) is 20.9. The number of carbonyl (C=O) groups excluding carboxylic acids is 1. The lowest BCUT2D eigenvalue weighted by molar-refractivity contribution is -0.141. The van der Waals surface area contributed by atoms with Crippen LogP contribution in [0.5, 0.6) is 0 Å². The number of amides is 1. The van der Waals surface area contributed by atoms with Gasteiger partial charge in [0, 0.05) is 26.1 Å². The zero-order valence-electron chi connectivity index (χ0n) is 9.74. The van der Waals surface area contributed by atoms with Crippen LogP contribution >= 0.6 is 0 Å². The van der Waals surface area contributed by atoms with Gasteiger partial charge in [0.05, 0.1) is 5.92 Å². The molecular formula is C11H20N2O3. The summed E-state index contributed by atoms with van der Waals surface area (Å²) in [5, 5.41) is 11.6. The predicted octanol–water partition coefficient (Wildman–Crippen LogP) is 0.309. The maximum Gasteiger partial charge on any atom is 0.307 e. The van der Waals surface area contributed by atoms with Gasteiger partial charge in [-0.3, -0.25) is 9.59 Å². The summed E-state index contributed by atoms with van der Waals surface area (Å²) in [4.78, 5) is 24.1. The van der Waals surface area contributed by atoms with Crippen LogP contribution in [0.3, 0.4) is 0 Å². The molecule has 1 amide bonds. The number of rotatable bonds is 6. The maximum atomic E-state index is 11.3. The zero-order valence-corrected chi connectivity index (χ0v) is 9.74. The Labute approximate surface area is 95.8 Å². The third-order valence-corrected chi connectivity index (χ3v) is 2.85. The van der Waals surface area contributed by atoms with Crippen molar-refractivity contribution in [1.82, 2.24) is 10.2 Å². The van der Waals surface area contributed by atoms with Crippen LogP contribution in [0.25, 0.3) is 0 Å². The van der Waals surface area contributed by atoms with Gasteiger partial charge in [0.25, 0.3) is 0 Å². The molecule has 1 saturated heterocycles. The molecule has 0 aromatic rings. The summed E-state index contributed by atoms with van der Waals surface area (Å²) in [5.74, 6) is -0.919. The minimum absolute atomic E-state index is 0.0561. The third kappa shape index (κ3) is 4.18. The van der Waals surface area contributed by atoms with Gasteiger partial charge in [-0.1, -0.05) is 6.92 Å². The minimum atomic E-state index is -0.724. The van der Waals surface area contributed by atoms with E-state index in [0.717, 1.165) is 19.5 Å². The molecule has 0 spiro atoms. The van der Waals surface area contributed by atoms with Crippen molar-refractivity contribution in [3.05, 3.63) is 0 Å². The van der Waals surface area contributed by atoms with E-state index in [2.05, 4.69) is 5.32 Å². The summed E-state index contributed by atoms with van der Waals surface area (Å²) in [7, 11) is 0. The van der Waals surface area contributed by atoms with E-state index < -0.39 is 5.97 Å². The van der Waals surface area contributed by atoms with Crippen LogP contribution in [0.2, 0.25) is 0 Å². The Balaban J connectivity index is 2.15. The first-order valence-corrected chi connectivity index (χ1v) is 5.85. The predicted molar refractivity (Wildman–Crippen MR) is 60.1 cm³/mol. The van der Waals surface area contributed by atoms with Crippen LogP contribution in [-0.4, -0.2) is 48.1 Å². The lowest BCUT2D eigenvalue weighted by Gasteiger charge is -2.14. The molecule has 1 fully saturated rings. The van der Waals surface area contributed by atoms with E-state index in [-0.39, 0.29) is 11.8 Å². The molecule has 0 aliphatic carbocycles. The number of carboxylic acids is 1. The Kier molecular flexibility index (Phi) is 5.25. The summed E-state index contributed by atoms with van der Waals surface area (Å²) in [6.07, 6.45) is 2.11. The zero-order chi connectivity index (χ0) is 12.0. The van der Waals surface area contributed by atoms with Gasteiger partial charge < -0.3 is 15.3 Å². The lowest BCUT2D eigenvalue weighted by atomic mass is 10.1. The van der Waals surface area contributed by atoms with E-state index in [0.29, 0.717) is 25.9 Å². The molecule has 1 heterocycles. The molecule has 5 heteroatoms. The van der Waals surface area contributed by atoms with E-state index in [4.69, 9.17) is 5.11 Å². The third-order valence-electron chi connectivity index (χ3n) is 2.85. The Hall–Kier alpha value is -1.10. The van der Waals surface area contributed by atoms with Gasteiger partial charge in [-0.2, -0.15) is 0 Å². The van der Waals surface area contributed by atoms with Gasteiger partial charge in [-0.05, 0) is 19.4 Å². The second kappa shape index (κ2) is 6.48. The number of nitrogens with zero attached hydrogens (tertiary/aromatic N) is 1. The van der Waals surface area contributed by atoms with Crippen molar-refractivity contribution in [2.75, 3.05) is 26.2 Å². The molecule has 1 aliphatic rings. The molecule has 0 radical (unpaired) electrons. The quantitative estimate of drug-likeness (QED) is 0.686. The van der Waals surface area contributed by atoms with Gasteiger partial charge in [0.2, 0.25) is 5.91 Å². The van der Waals surface area contributed by atoms with Crippen molar-refractivity contribution in [1.29, 1.82) is 0 Å². The van der Waals surface area contributed by atoms with Gasteiger partial charge in [0.1, 0.15) is 0 Å². The molecule has 1 atom stereocenters. The van der Waals surface area contributed by atoms with Crippen LogP contribution < -0.4 is 5.32 Å². The van der Waals surface area contributed by atoms with Crippen LogP contribution in [0.15, 0.2) is 0 Å². The molecule has 92 valence electrons. The number of hydrogen-bond acceptors (Lipinski definition) is 3. The van der Waals surface area contributed by atoms with Gasteiger partial charge in [0.15, 0.2) is 0 Å². The average Bonchev–Trinajstić information content (AvgIpc) is 2.72. The Morgan fingerprint density at radius 2 is 2.25 bits per heavy atom. The Morgan fingerprint density at radius 1 is 1.50 bits per heavy atom. The number of aliphatic carboxylic acids is 1. The van der Waals surface area contributed by atoms with Crippen molar-refractivity contribution in [2.45, 2.75) is 26.2 Å². The van der Waals surface area contributed by atoms with Crippen LogP contribution in [0, 0.1) is 5.92 Å². The highest BCUT2D eigenvalue weighted by atomic mass is 16.4. The fourth-order valence-corrected chi connectivity index (χ4v) is 1.85. The summed E-state index contributed by atoms with van der Waals surface area (Å²) >= 11 is 0. The molecule has 0 saturated carbocycles. The summed E-state index contributed by atoms with van der Waals surface area (Å²) in [6, 6.07) is 0. The fraction of sp³-hybridized carbons (Fsp3) is 0.818. The molecule has 1 aliphatic heterocycles. The Bertz CT molecular complexity index is 256. The van der Waals surface area contributed by atoms with Crippen LogP contribution in [-0.2, 0) is 9.59 Å². The van der Waals surface area contributed by atoms with Crippen molar-refractivity contribution < 1.29 is 14.7 Å². The van der Waals surface area contributed by atoms with Crippen molar-refractivity contribution in [3.63, 3.8) is 0 Å². The molecule has 0 aromatic heterocycles. The average molecular weight is 228 g/mol. The number of nitrogens with one attached hydrogen (secondary N) is 1. The van der Waals surface area contributed by atoms with Crippen molar-refractivity contribution in [2.24, 2.45) is 5.92 Å². The molecule has 1 rings (SSSR count). The summed E-state index contributed by atoms with van der Waals surface area (Å²) < 4.78 is 0. The number of carboxylic acid groups (broad SMARTS) is 1. The molecule has 1 unspecified atom stereocenters. The molecule has 0 bridgehead atoms. The van der Waals surface area contributed by atoms with Gasteiger partial charge in [-0.25, -0.2) is 0 Å². The highest BCUT2D eigenvalue weighted by molar-refractivity contribution is 5.76. The number of likely N-dealkylation sites (tertiary alicyclic amines) is 1. The second-order valence-electron chi connectivity index (χ2n) is 4.22. The summed E-state index contributed by atoms with van der Waals surface area (Å²) in [5.41, 5.74) is 0. The standard InChI is InChI=1S/C11H20N2O3/c1-2-5-12-10(14)4-7-13-6-3-9(8-13)11(15)16/h9H,2-8H2,1H3,(H,12,14)(H,15,16). The summed E-state index contributed by atoms with van der Waals surface area (Å²) in [6.45, 7) is 4.77. The van der Waals surface area contributed by atoms with E-state index in [1.54, 1.807) is 0 Å². The topological polar surface area (TPSA) is 69.6 Å². The fourth-order valence-electron chi connectivity index (χ4n) is 1.85. The molecule has 5 nitrogen and oxygen atoms in total. The lowest BCUT2D eigenvalue weighted by Crippen LogP contribution is -2.30. The first kappa shape index (κ1) is 13.0. The number of carbonyl (C=O) groups is 2. The molecule has 2 N–H and O–H groups in total. The van der Waals surface area contributed by atoms with E-state index in [1.165, 1.54) is 0 Å². The molecular weight excluding hydrogens is 208 g/mol. The van der Waals surface area contributed by atoms with Crippen molar-refractivity contribution in [3.8, 4) is 0 Å². The van der Waals surface area contributed by atoms with Crippen LogP contribution in [0.4, 0.5) is 0 Å². The highest BCUT2D eigenvalue weighted by Gasteiger charge is 2.27. The van der Waals surface area contributed by atoms with E-state index in [1.807, 2.05) is 11.8 Å². The van der Waals surface area contributed by atoms with Gasteiger partial charge in [-0.15, -0.1) is 0 Å². The number of hydrogen-bond donors (Lipinski definition) is 2. The van der Waals surface area contributed by atoms with Gasteiger partial charge >= 0.3 is 5.97 Å². The smallest absolute Gasteiger partial charge is 0.307 e. The SMILES string of the molecule is CCCNC(=O)CCN1CCC(C(=O)O)C1. The first-order chi connectivity index (χ1) is 7.63.